The Kier molecular flexibility index (Phi) is 7.91. The molecule has 7 heteroatoms. The zero-order valence-corrected chi connectivity index (χ0v) is 15.7. The number of hydrogen-bond acceptors (Lipinski definition) is 4. The molecule has 1 fully saturated rings. The highest BCUT2D eigenvalue weighted by atomic mass is 35.5. The second kappa shape index (κ2) is 10.2. The quantitative estimate of drug-likeness (QED) is 0.710. The van der Waals surface area contributed by atoms with Gasteiger partial charge in [0.15, 0.2) is 6.61 Å². The van der Waals surface area contributed by atoms with Crippen molar-refractivity contribution in [3.63, 3.8) is 0 Å². The first-order valence-corrected chi connectivity index (χ1v) is 9.33. The molecule has 26 heavy (non-hydrogen) atoms. The molecule has 0 heterocycles. The molecule has 1 aliphatic rings. The maximum absolute atomic E-state index is 11.9. The van der Waals surface area contributed by atoms with Crippen LogP contribution in [0, 0.1) is 6.92 Å². The summed E-state index contributed by atoms with van der Waals surface area (Å²) in [6.45, 7) is 1.39. The summed E-state index contributed by atoms with van der Waals surface area (Å²) >= 11 is 5.99. The van der Waals surface area contributed by atoms with Crippen molar-refractivity contribution in [2.45, 2.75) is 57.9 Å². The van der Waals surface area contributed by atoms with E-state index in [1.807, 2.05) is 0 Å². The van der Waals surface area contributed by atoms with Gasteiger partial charge in [-0.25, -0.2) is 0 Å². The van der Waals surface area contributed by atoms with Crippen molar-refractivity contribution in [2.75, 3.05) is 11.9 Å². The lowest BCUT2D eigenvalue weighted by molar-refractivity contribution is -0.148. The van der Waals surface area contributed by atoms with Crippen molar-refractivity contribution < 1.29 is 19.1 Å². The Hall–Kier alpha value is -2.08. The Morgan fingerprint density at radius 1 is 1.12 bits per heavy atom. The first-order valence-electron chi connectivity index (χ1n) is 8.95. The molecule has 2 N–H and O–H groups in total. The van der Waals surface area contributed by atoms with Crippen LogP contribution in [-0.4, -0.2) is 30.4 Å². The molecule has 1 aromatic carbocycles. The summed E-state index contributed by atoms with van der Waals surface area (Å²) in [4.78, 5) is 35.4. The summed E-state index contributed by atoms with van der Waals surface area (Å²) in [5.41, 5.74) is 1.32. The molecule has 6 nitrogen and oxygen atoms in total. The fourth-order valence-corrected chi connectivity index (χ4v) is 3.08. The topological polar surface area (TPSA) is 84.5 Å². The predicted octanol–water partition coefficient (Wildman–Crippen LogP) is 3.36. The zero-order chi connectivity index (χ0) is 18.9. The molecule has 0 unspecified atom stereocenters. The van der Waals surface area contributed by atoms with Crippen LogP contribution in [-0.2, 0) is 19.1 Å². The highest BCUT2D eigenvalue weighted by Gasteiger charge is 2.17. The lowest BCUT2D eigenvalue weighted by Gasteiger charge is -2.22. The van der Waals surface area contributed by atoms with Crippen molar-refractivity contribution in [3.05, 3.63) is 28.8 Å². The SMILES string of the molecule is Cc1c(Cl)cccc1NC(=O)COC(=O)CCC(=O)NC1CCCCC1. The Balaban J connectivity index is 1.65. The van der Waals surface area contributed by atoms with Crippen molar-refractivity contribution in [1.29, 1.82) is 0 Å². The van der Waals surface area contributed by atoms with Crippen molar-refractivity contribution in [2.24, 2.45) is 0 Å². The monoisotopic (exact) mass is 380 g/mol. The number of nitrogens with one attached hydrogen (secondary N) is 2. The molecule has 2 amide bonds. The van der Waals surface area contributed by atoms with E-state index in [2.05, 4.69) is 10.6 Å². The number of anilines is 1. The maximum atomic E-state index is 11.9. The molecule has 0 saturated heterocycles. The molecular formula is C19H25ClN2O4. The van der Waals surface area contributed by atoms with Crippen LogP contribution in [0.5, 0.6) is 0 Å². The molecule has 0 aliphatic heterocycles. The minimum atomic E-state index is -0.568. The van der Waals surface area contributed by atoms with Gasteiger partial charge in [0.1, 0.15) is 0 Å². The number of carbonyl (C=O) groups is 3. The van der Waals surface area contributed by atoms with Crippen LogP contribution < -0.4 is 10.6 Å². The van der Waals surface area contributed by atoms with Gasteiger partial charge in [-0.1, -0.05) is 36.9 Å². The summed E-state index contributed by atoms with van der Waals surface area (Å²) in [6.07, 6.45) is 5.52. The van der Waals surface area contributed by atoms with Gasteiger partial charge in [0, 0.05) is 23.2 Å². The van der Waals surface area contributed by atoms with E-state index in [9.17, 15) is 14.4 Å². The first-order chi connectivity index (χ1) is 12.5. The second-order valence-electron chi connectivity index (χ2n) is 6.52. The lowest BCUT2D eigenvalue weighted by Crippen LogP contribution is -2.36. The minimum Gasteiger partial charge on any atom is -0.456 e. The van der Waals surface area contributed by atoms with E-state index in [1.54, 1.807) is 25.1 Å². The number of benzene rings is 1. The predicted molar refractivity (Wildman–Crippen MR) is 100 cm³/mol. The Bertz CT molecular complexity index is 657. The van der Waals surface area contributed by atoms with E-state index < -0.39 is 18.5 Å². The van der Waals surface area contributed by atoms with Crippen LogP contribution in [0.4, 0.5) is 5.69 Å². The van der Waals surface area contributed by atoms with Crippen LogP contribution >= 0.6 is 11.6 Å². The summed E-state index contributed by atoms with van der Waals surface area (Å²) in [6, 6.07) is 5.39. The third kappa shape index (κ3) is 6.67. The number of amides is 2. The summed E-state index contributed by atoms with van der Waals surface area (Å²) in [5.74, 6) is -1.16. The maximum Gasteiger partial charge on any atom is 0.306 e. The highest BCUT2D eigenvalue weighted by Crippen LogP contribution is 2.22. The number of hydrogen-bond donors (Lipinski definition) is 2. The van der Waals surface area contributed by atoms with E-state index in [-0.39, 0.29) is 24.8 Å². The van der Waals surface area contributed by atoms with Crippen LogP contribution in [0.15, 0.2) is 18.2 Å². The Morgan fingerprint density at radius 2 is 1.85 bits per heavy atom. The molecule has 0 aromatic heterocycles. The fourth-order valence-electron chi connectivity index (χ4n) is 2.91. The third-order valence-corrected chi connectivity index (χ3v) is 4.84. The summed E-state index contributed by atoms with van der Waals surface area (Å²) < 4.78 is 4.92. The third-order valence-electron chi connectivity index (χ3n) is 4.43. The van der Waals surface area contributed by atoms with Crippen LogP contribution in [0.1, 0.15) is 50.5 Å². The van der Waals surface area contributed by atoms with Crippen LogP contribution in [0.25, 0.3) is 0 Å². The average molecular weight is 381 g/mol. The molecule has 2 rings (SSSR count). The molecule has 0 atom stereocenters. The molecule has 0 bridgehead atoms. The molecule has 1 aromatic rings. The molecular weight excluding hydrogens is 356 g/mol. The van der Waals surface area contributed by atoms with Gasteiger partial charge in [0.2, 0.25) is 5.91 Å². The average Bonchev–Trinajstić information content (AvgIpc) is 2.63. The molecule has 142 valence electrons. The minimum absolute atomic E-state index is 0.0397. The smallest absolute Gasteiger partial charge is 0.306 e. The van der Waals surface area contributed by atoms with Gasteiger partial charge in [0.25, 0.3) is 5.91 Å². The van der Waals surface area contributed by atoms with Gasteiger partial charge in [0.05, 0.1) is 6.42 Å². The van der Waals surface area contributed by atoms with Gasteiger partial charge >= 0.3 is 5.97 Å². The van der Waals surface area contributed by atoms with Gasteiger partial charge in [-0.3, -0.25) is 14.4 Å². The van der Waals surface area contributed by atoms with E-state index in [0.29, 0.717) is 10.7 Å². The number of esters is 1. The van der Waals surface area contributed by atoms with Gasteiger partial charge in [-0.05, 0) is 37.5 Å². The standard InChI is InChI=1S/C19H25ClN2O4/c1-13-15(20)8-5-9-16(13)22-18(24)12-26-19(25)11-10-17(23)21-14-6-3-2-4-7-14/h5,8-9,14H,2-4,6-7,10-12H2,1H3,(H,21,23)(H,22,24). The van der Waals surface area contributed by atoms with E-state index in [0.717, 1.165) is 31.2 Å². The zero-order valence-electron chi connectivity index (χ0n) is 15.0. The highest BCUT2D eigenvalue weighted by molar-refractivity contribution is 6.31. The molecule has 1 saturated carbocycles. The number of halogens is 1. The molecule has 1 aliphatic carbocycles. The fraction of sp³-hybridized carbons (Fsp3) is 0.526. The van der Waals surface area contributed by atoms with Crippen molar-refractivity contribution in [3.8, 4) is 0 Å². The van der Waals surface area contributed by atoms with Crippen LogP contribution in [0.2, 0.25) is 5.02 Å². The van der Waals surface area contributed by atoms with Gasteiger partial charge in [-0.15, -0.1) is 0 Å². The van der Waals surface area contributed by atoms with Crippen molar-refractivity contribution in [1.82, 2.24) is 5.32 Å². The number of ether oxygens (including phenoxy) is 1. The summed E-state index contributed by atoms with van der Waals surface area (Å²) in [5, 5.41) is 6.14. The molecule has 0 spiro atoms. The molecule has 0 radical (unpaired) electrons. The van der Waals surface area contributed by atoms with E-state index in [1.165, 1.54) is 6.42 Å². The van der Waals surface area contributed by atoms with Gasteiger partial charge in [-0.2, -0.15) is 0 Å². The number of carbonyl (C=O) groups excluding carboxylic acids is 3. The number of rotatable bonds is 7. The Labute approximate surface area is 158 Å². The second-order valence-corrected chi connectivity index (χ2v) is 6.93. The van der Waals surface area contributed by atoms with E-state index in [4.69, 9.17) is 16.3 Å². The van der Waals surface area contributed by atoms with Gasteiger partial charge < -0.3 is 15.4 Å². The normalized spacial score (nSPS) is 14.5. The first kappa shape index (κ1) is 20.2. The van der Waals surface area contributed by atoms with E-state index >= 15 is 0 Å². The van der Waals surface area contributed by atoms with Crippen molar-refractivity contribution >= 4 is 35.1 Å². The largest absolute Gasteiger partial charge is 0.456 e. The lowest BCUT2D eigenvalue weighted by atomic mass is 9.95. The summed E-state index contributed by atoms with van der Waals surface area (Å²) in [7, 11) is 0. The Morgan fingerprint density at radius 3 is 2.58 bits per heavy atom. The van der Waals surface area contributed by atoms with Crippen LogP contribution in [0.3, 0.4) is 0 Å².